The Morgan fingerprint density at radius 3 is 2.42 bits per heavy atom. The minimum absolute atomic E-state index is 0.445. The van der Waals surface area contributed by atoms with E-state index in [2.05, 4.69) is 27.8 Å². The monoisotopic (exact) mass is 366 g/mol. The molecule has 19 heavy (non-hydrogen) atoms. The molecule has 108 valence electrons. The minimum Gasteiger partial charge on any atom is -0.301 e. The molecule has 0 saturated carbocycles. The molecule has 0 N–H and O–H groups in total. The van der Waals surface area contributed by atoms with Crippen molar-refractivity contribution in [3.05, 3.63) is 15.4 Å². The van der Waals surface area contributed by atoms with Crippen LogP contribution in [0.3, 0.4) is 0 Å². The number of piperazine rings is 1. The molecular formula is C12H19BrN2O2S2. The van der Waals surface area contributed by atoms with Crippen LogP contribution in [0.15, 0.2) is 14.1 Å². The lowest BCUT2D eigenvalue weighted by Crippen LogP contribution is -2.48. The lowest BCUT2D eigenvalue weighted by atomic mass is 10.3. The molecule has 0 atom stereocenters. The van der Waals surface area contributed by atoms with Gasteiger partial charge in [-0.15, -0.1) is 11.3 Å². The first-order chi connectivity index (χ1) is 8.95. The number of sulfonamides is 1. The summed E-state index contributed by atoms with van der Waals surface area (Å²) in [7, 11) is -3.31. The number of thiophene rings is 1. The van der Waals surface area contributed by atoms with Gasteiger partial charge in [-0.2, -0.15) is 4.31 Å². The van der Waals surface area contributed by atoms with Crippen LogP contribution in [0.1, 0.15) is 18.9 Å². The van der Waals surface area contributed by atoms with Gasteiger partial charge in [-0.3, -0.25) is 0 Å². The highest BCUT2D eigenvalue weighted by atomic mass is 79.9. The summed E-state index contributed by atoms with van der Waals surface area (Å²) in [5, 5.41) is 0. The molecular weight excluding hydrogens is 348 g/mol. The van der Waals surface area contributed by atoms with Gasteiger partial charge in [0.25, 0.3) is 10.0 Å². The fourth-order valence-corrected chi connectivity index (χ4v) is 6.00. The molecule has 1 aromatic rings. The SMILES string of the molecule is CCCN1CCN(S(=O)(=O)c2cc(C)c(Br)s2)CC1. The fourth-order valence-electron chi connectivity index (χ4n) is 2.20. The average Bonchev–Trinajstić information content (AvgIpc) is 2.71. The van der Waals surface area contributed by atoms with Crippen molar-refractivity contribution >= 4 is 37.3 Å². The third kappa shape index (κ3) is 3.39. The topological polar surface area (TPSA) is 40.6 Å². The molecule has 0 spiro atoms. The van der Waals surface area contributed by atoms with Crippen LogP contribution >= 0.6 is 27.3 Å². The smallest absolute Gasteiger partial charge is 0.252 e. The summed E-state index contributed by atoms with van der Waals surface area (Å²) in [5.74, 6) is 0. The van der Waals surface area contributed by atoms with Crippen LogP contribution in [0.2, 0.25) is 0 Å². The highest BCUT2D eigenvalue weighted by molar-refractivity contribution is 9.11. The lowest BCUT2D eigenvalue weighted by Gasteiger charge is -2.33. The van der Waals surface area contributed by atoms with Crippen LogP contribution in [-0.2, 0) is 10.0 Å². The summed E-state index contributed by atoms with van der Waals surface area (Å²) in [6.07, 6.45) is 1.11. The van der Waals surface area contributed by atoms with E-state index in [4.69, 9.17) is 0 Å². The number of hydrogen-bond acceptors (Lipinski definition) is 4. The van der Waals surface area contributed by atoms with E-state index in [1.54, 1.807) is 10.4 Å². The highest BCUT2D eigenvalue weighted by Crippen LogP contribution is 2.32. The Balaban J connectivity index is 2.09. The van der Waals surface area contributed by atoms with Crippen molar-refractivity contribution in [1.29, 1.82) is 0 Å². The lowest BCUT2D eigenvalue weighted by molar-refractivity contribution is 0.189. The van der Waals surface area contributed by atoms with E-state index >= 15 is 0 Å². The first-order valence-corrected chi connectivity index (χ1v) is 9.48. The number of halogens is 1. The molecule has 4 nitrogen and oxygen atoms in total. The Bertz CT molecular complexity index is 514. The van der Waals surface area contributed by atoms with Gasteiger partial charge in [0.1, 0.15) is 4.21 Å². The van der Waals surface area contributed by atoms with Gasteiger partial charge in [0.2, 0.25) is 0 Å². The van der Waals surface area contributed by atoms with Crippen molar-refractivity contribution in [2.45, 2.75) is 24.5 Å². The van der Waals surface area contributed by atoms with Crippen LogP contribution in [0, 0.1) is 6.92 Å². The quantitative estimate of drug-likeness (QED) is 0.821. The van der Waals surface area contributed by atoms with Gasteiger partial charge < -0.3 is 4.90 Å². The third-order valence-corrected chi connectivity index (χ3v) is 7.78. The predicted molar refractivity (Wildman–Crippen MR) is 82.2 cm³/mol. The van der Waals surface area contributed by atoms with E-state index in [1.165, 1.54) is 11.3 Å². The van der Waals surface area contributed by atoms with E-state index < -0.39 is 10.0 Å². The maximum absolute atomic E-state index is 12.5. The Labute approximate surface area is 127 Å². The summed E-state index contributed by atoms with van der Waals surface area (Å²) in [6, 6.07) is 1.75. The molecule has 2 rings (SSSR count). The first-order valence-electron chi connectivity index (χ1n) is 6.43. The van der Waals surface area contributed by atoms with Gasteiger partial charge in [-0.1, -0.05) is 6.92 Å². The van der Waals surface area contributed by atoms with Gasteiger partial charge in [0.05, 0.1) is 3.79 Å². The largest absolute Gasteiger partial charge is 0.301 e. The van der Waals surface area contributed by atoms with Gasteiger partial charge in [-0.05, 0) is 47.4 Å². The van der Waals surface area contributed by atoms with E-state index in [9.17, 15) is 8.42 Å². The standard InChI is InChI=1S/C12H19BrN2O2S2/c1-3-4-14-5-7-15(8-6-14)19(16,17)11-9-10(2)12(13)18-11/h9H,3-8H2,1-2H3. The molecule has 0 unspecified atom stereocenters. The molecule has 1 aliphatic rings. The number of hydrogen-bond donors (Lipinski definition) is 0. The molecule has 0 radical (unpaired) electrons. The minimum atomic E-state index is -3.31. The van der Waals surface area contributed by atoms with Crippen molar-refractivity contribution in [3.8, 4) is 0 Å². The Morgan fingerprint density at radius 1 is 1.32 bits per heavy atom. The molecule has 0 bridgehead atoms. The van der Waals surface area contributed by atoms with Crippen LogP contribution in [0.5, 0.6) is 0 Å². The van der Waals surface area contributed by atoms with Gasteiger partial charge in [0.15, 0.2) is 0 Å². The fraction of sp³-hybridized carbons (Fsp3) is 0.667. The molecule has 0 aliphatic carbocycles. The number of rotatable bonds is 4. The predicted octanol–water partition coefficient (Wildman–Crippen LogP) is 2.54. The Kier molecular flexibility index (Phi) is 5.05. The normalized spacial score (nSPS) is 18.9. The zero-order valence-corrected chi connectivity index (χ0v) is 14.4. The van der Waals surface area contributed by atoms with Crippen molar-refractivity contribution < 1.29 is 8.42 Å². The summed E-state index contributed by atoms with van der Waals surface area (Å²) < 4.78 is 28.0. The second-order valence-electron chi connectivity index (χ2n) is 4.77. The Hall–Kier alpha value is 0.0500. The zero-order valence-electron chi connectivity index (χ0n) is 11.2. The average molecular weight is 367 g/mol. The summed E-state index contributed by atoms with van der Waals surface area (Å²) in [6.45, 7) is 7.97. The maximum Gasteiger partial charge on any atom is 0.252 e. The van der Waals surface area contributed by atoms with Gasteiger partial charge in [-0.25, -0.2) is 8.42 Å². The highest BCUT2D eigenvalue weighted by Gasteiger charge is 2.29. The van der Waals surface area contributed by atoms with E-state index in [-0.39, 0.29) is 0 Å². The van der Waals surface area contributed by atoms with Crippen molar-refractivity contribution in [2.75, 3.05) is 32.7 Å². The van der Waals surface area contributed by atoms with Crippen LogP contribution in [-0.4, -0.2) is 50.3 Å². The number of aryl methyl sites for hydroxylation is 1. The molecule has 0 amide bonds. The van der Waals surface area contributed by atoms with E-state index in [0.717, 1.165) is 35.4 Å². The van der Waals surface area contributed by atoms with Crippen LogP contribution in [0.4, 0.5) is 0 Å². The molecule has 1 aromatic heterocycles. The summed E-state index contributed by atoms with van der Waals surface area (Å²) in [4.78, 5) is 2.32. The second kappa shape index (κ2) is 6.22. The molecule has 1 aliphatic heterocycles. The summed E-state index contributed by atoms with van der Waals surface area (Å²) in [5.41, 5.74) is 0.980. The van der Waals surface area contributed by atoms with Crippen molar-refractivity contribution in [1.82, 2.24) is 9.21 Å². The molecule has 0 aromatic carbocycles. The summed E-state index contributed by atoms with van der Waals surface area (Å²) >= 11 is 4.69. The molecule has 1 saturated heterocycles. The van der Waals surface area contributed by atoms with Gasteiger partial charge >= 0.3 is 0 Å². The zero-order chi connectivity index (χ0) is 14.0. The molecule has 2 heterocycles. The van der Waals surface area contributed by atoms with Crippen molar-refractivity contribution in [2.24, 2.45) is 0 Å². The van der Waals surface area contributed by atoms with E-state index in [0.29, 0.717) is 17.3 Å². The van der Waals surface area contributed by atoms with E-state index in [1.807, 2.05) is 6.92 Å². The first kappa shape index (κ1) is 15.4. The van der Waals surface area contributed by atoms with Crippen molar-refractivity contribution in [3.63, 3.8) is 0 Å². The third-order valence-electron chi connectivity index (χ3n) is 3.30. The maximum atomic E-state index is 12.5. The van der Waals surface area contributed by atoms with Gasteiger partial charge in [0, 0.05) is 26.2 Å². The van der Waals surface area contributed by atoms with Crippen LogP contribution < -0.4 is 0 Å². The second-order valence-corrected chi connectivity index (χ2v) is 9.30. The van der Waals surface area contributed by atoms with Crippen LogP contribution in [0.25, 0.3) is 0 Å². The number of nitrogens with zero attached hydrogens (tertiary/aromatic N) is 2. The Morgan fingerprint density at radius 2 is 1.95 bits per heavy atom. The molecule has 7 heteroatoms. The molecule has 1 fully saturated rings.